The van der Waals surface area contributed by atoms with Gasteiger partial charge < -0.3 is 19.8 Å². The molecular weight excluding hydrogens is 254 g/mol. The van der Waals surface area contributed by atoms with Gasteiger partial charge in [0.15, 0.2) is 11.5 Å². The summed E-state index contributed by atoms with van der Waals surface area (Å²) in [6.07, 6.45) is 9.91. The highest BCUT2D eigenvalue weighted by Gasteiger charge is 2.41. The van der Waals surface area contributed by atoms with Gasteiger partial charge in [-0.05, 0) is 26.2 Å². The van der Waals surface area contributed by atoms with E-state index in [1.807, 2.05) is 16.8 Å². The van der Waals surface area contributed by atoms with E-state index in [9.17, 15) is 0 Å². The maximum atomic E-state index is 5.90. The molecule has 2 aromatic rings. The second kappa shape index (κ2) is 4.63. The predicted molar refractivity (Wildman–Crippen MR) is 77.1 cm³/mol. The zero-order valence-corrected chi connectivity index (χ0v) is 11.5. The lowest BCUT2D eigenvalue weighted by Gasteiger charge is -2.21. The summed E-state index contributed by atoms with van der Waals surface area (Å²) in [5.74, 6) is 1.71. The molecule has 0 saturated carbocycles. The minimum atomic E-state index is 0.333. The molecular formula is C14H19N5O. The minimum Gasteiger partial charge on any atom is -0.373 e. The predicted octanol–water partition coefficient (Wildman–Crippen LogP) is 1.89. The van der Waals surface area contributed by atoms with E-state index in [1.165, 1.54) is 6.42 Å². The Morgan fingerprint density at radius 1 is 1.45 bits per heavy atom. The molecule has 0 radical (unpaired) electrons. The summed E-state index contributed by atoms with van der Waals surface area (Å²) in [5.41, 5.74) is 0.870. The van der Waals surface area contributed by atoms with Gasteiger partial charge in [-0.15, -0.1) is 0 Å². The number of rotatable bonds is 4. The van der Waals surface area contributed by atoms with Crippen molar-refractivity contribution in [1.29, 1.82) is 0 Å². The Labute approximate surface area is 117 Å². The normalized spacial score (nSPS) is 28.1. The van der Waals surface area contributed by atoms with Gasteiger partial charge in [0.05, 0.1) is 24.4 Å². The van der Waals surface area contributed by atoms with Crippen molar-refractivity contribution in [2.45, 2.75) is 44.4 Å². The van der Waals surface area contributed by atoms with Crippen molar-refractivity contribution in [3.05, 3.63) is 18.6 Å². The Kier molecular flexibility index (Phi) is 2.77. The lowest BCUT2D eigenvalue weighted by atomic mass is 9.95. The Bertz CT molecular complexity index is 625. The van der Waals surface area contributed by atoms with Gasteiger partial charge in [-0.25, -0.2) is 9.97 Å². The fraction of sp³-hybridized carbons (Fsp3) is 0.571. The van der Waals surface area contributed by atoms with E-state index in [-0.39, 0.29) is 0 Å². The third-order valence-electron chi connectivity index (χ3n) is 4.16. The fourth-order valence-corrected chi connectivity index (χ4v) is 3.26. The molecule has 4 rings (SSSR count). The van der Waals surface area contributed by atoms with Crippen LogP contribution in [0.4, 0.5) is 11.6 Å². The van der Waals surface area contributed by atoms with E-state index >= 15 is 0 Å². The van der Waals surface area contributed by atoms with Gasteiger partial charge in [0, 0.05) is 18.9 Å². The van der Waals surface area contributed by atoms with E-state index in [0.717, 1.165) is 36.7 Å². The smallest absolute Gasteiger partial charge is 0.180 e. The van der Waals surface area contributed by atoms with Crippen LogP contribution in [0.15, 0.2) is 18.6 Å². The lowest BCUT2D eigenvalue weighted by molar-refractivity contribution is 0.102. The second-order valence-electron chi connectivity index (χ2n) is 5.52. The first kappa shape index (κ1) is 12.0. The van der Waals surface area contributed by atoms with E-state index in [4.69, 9.17) is 4.74 Å². The number of aromatic nitrogens is 3. The molecule has 6 heteroatoms. The molecule has 2 bridgehead atoms. The highest BCUT2D eigenvalue weighted by molar-refractivity contribution is 5.65. The first-order valence-electron chi connectivity index (χ1n) is 7.33. The zero-order chi connectivity index (χ0) is 13.5. The van der Waals surface area contributed by atoms with E-state index < -0.39 is 0 Å². The molecule has 0 amide bonds. The quantitative estimate of drug-likeness (QED) is 0.890. The first-order chi connectivity index (χ1) is 9.83. The Morgan fingerprint density at radius 3 is 3.15 bits per heavy atom. The van der Waals surface area contributed by atoms with Gasteiger partial charge in [-0.2, -0.15) is 0 Å². The van der Waals surface area contributed by atoms with Crippen LogP contribution in [0.3, 0.4) is 0 Å². The number of ether oxygens (including phenoxy) is 1. The Morgan fingerprint density at radius 2 is 2.40 bits per heavy atom. The van der Waals surface area contributed by atoms with E-state index in [0.29, 0.717) is 18.2 Å². The topological polar surface area (TPSA) is 63.5 Å². The molecule has 2 aliphatic heterocycles. The minimum absolute atomic E-state index is 0.333. The Balaban J connectivity index is 1.65. The van der Waals surface area contributed by atoms with Crippen molar-refractivity contribution in [2.75, 3.05) is 17.2 Å². The summed E-state index contributed by atoms with van der Waals surface area (Å²) in [4.78, 5) is 9.04. The van der Waals surface area contributed by atoms with Crippen LogP contribution in [0.5, 0.6) is 0 Å². The standard InChI is InChI=1S/C14H19N5O/c1-2-15-12-8-19-6-5-16-14(19)13(18-12)17-10-7-9-3-4-11(10)20-9/h5-6,8-11,15H,2-4,7H2,1H3,(H,17,18). The second-order valence-corrected chi connectivity index (χ2v) is 5.52. The summed E-state index contributed by atoms with van der Waals surface area (Å²) in [5, 5.41) is 6.80. The van der Waals surface area contributed by atoms with Gasteiger partial charge in [-0.3, -0.25) is 0 Å². The number of nitrogens with one attached hydrogen (secondary N) is 2. The molecule has 4 heterocycles. The van der Waals surface area contributed by atoms with Gasteiger partial charge in [0.1, 0.15) is 5.82 Å². The molecule has 3 atom stereocenters. The Hall–Kier alpha value is -1.82. The molecule has 2 aromatic heterocycles. The number of hydrogen-bond donors (Lipinski definition) is 2. The number of imidazole rings is 1. The van der Waals surface area contributed by atoms with Gasteiger partial charge >= 0.3 is 0 Å². The molecule has 20 heavy (non-hydrogen) atoms. The monoisotopic (exact) mass is 273 g/mol. The first-order valence-corrected chi connectivity index (χ1v) is 7.33. The molecule has 2 aliphatic rings. The van der Waals surface area contributed by atoms with Crippen LogP contribution in [-0.2, 0) is 4.74 Å². The van der Waals surface area contributed by atoms with Gasteiger partial charge in [-0.1, -0.05) is 0 Å². The van der Waals surface area contributed by atoms with Crippen molar-refractivity contribution in [3.63, 3.8) is 0 Å². The molecule has 0 aliphatic carbocycles. The number of hydrogen-bond acceptors (Lipinski definition) is 5. The molecule has 106 valence electrons. The summed E-state index contributed by atoms with van der Waals surface area (Å²) in [6, 6.07) is 0.360. The largest absolute Gasteiger partial charge is 0.373 e. The number of fused-ring (bicyclic) bond motifs is 3. The summed E-state index contributed by atoms with van der Waals surface area (Å²) < 4.78 is 7.90. The van der Waals surface area contributed by atoms with Gasteiger partial charge in [0.2, 0.25) is 0 Å². The molecule has 2 fully saturated rings. The molecule has 6 nitrogen and oxygen atoms in total. The molecule has 2 N–H and O–H groups in total. The van der Waals surface area contributed by atoms with Crippen LogP contribution >= 0.6 is 0 Å². The fourth-order valence-electron chi connectivity index (χ4n) is 3.26. The van der Waals surface area contributed by atoms with Crippen LogP contribution in [0.2, 0.25) is 0 Å². The number of anilines is 2. The van der Waals surface area contributed by atoms with Gasteiger partial charge in [0.25, 0.3) is 0 Å². The maximum absolute atomic E-state index is 5.90. The van der Waals surface area contributed by atoms with Crippen molar-refractivity contribution in [3.8, 4) is 0 Å². The molecule has 2 saturated heterocycles. The summed E-state index contributed by atoms with van der Waals surface area (Å²) in [6.45, 7) is 2.92. The highest BCUT2D eigenvalue weighted by atomic mass is 16.5. The zero-order valence-electron chi connectivity index (χ0n) is 11.5. The van der Waals surface area contributed by atoms with Crippen molar-refractivity contribution in [1.82, 2.24) is 14.4 Å². The SMILES string of the molecule is CCNc1cn2ccnc2c(NC2CC3CCC2O3)n1. The average Bonchev–Trinajstić information content (AvgIpc) is 3.14. The summed E-state index contributed by atoms with van der Waals surface area (Å²) in [7, 11) is 0. The van der Waals surface area contributed by atoms with E-state index in [1.54, 1.807) is 6.20 Å². The van der Waals surface area contributed by atoms with Crippen LogP contribution in [-0.4, -0.2) is 39.2 Å². The van der Waals surface area contributed by atoms with Crippen LogP contribution in [0.1, 0.15) is 26.2 Å². The van der Waals surface area contributed by atoms with Crippen molar-refractivity contribution < 1.29 is 4.74 Å². The van der Waals surface area contributed by atoms with Crippen molar-refractivity contribution in [2.24, 2.45) is 0 Å². The van der Waals surface area contributed by atoms with Crippen molar-refractivity contribution >= 4 is 17.3 Å². The third kappa shape index (κ3) is 1.91. The molecule has 0 spiro atoms. The maximum Gasteiger partial charge on any atom is 0.180 e. The molecule has 0 aromatic carbocycles. The van der Waals surface area contributed by atoms with Crippen LogP contribution in [0, 0.1) is 0 Å². The number of nitrogens with zero attached hydrogens (tertiary/aromatic N) is 3. The molecule has 3 unspecified atom stereocenters. The van der Waals surface area contributed by atoms with Crippen LogP contribution in [0.25, 0.3) is 5.65 Å². The van der Waals surface area contributed by atoms with E-state index in [2.05, 4.69) is 27.5 Å². The highest BCUT2D eigenvalue weighted by Crippen LogP contribution is 2.36. The van der Waals surface area contributed by atoms with Crippen LogP contribution < -0.4 is 10.6 Å². The lowest BCUT2D eigenvalue weighted by Crippen LogP contribution is -2.31. The summed E-state index contributed by atoms with van der Waals surface area (Å²) >= 11 is 0. The average molecular weight is 273 g/mol. The third-order valence-corrected chi connectivity index (χ3v) is 4.16.